The second kappa shape index (κ2) is 5.41. The minimum Gasteiger partial charge on any atom is -0.508 e. The van der Waals surface area contributed by atoms with E-state index in [4.69, 9.17) is 0 Å². The molecule has 1 fully saturated rings. The second-order valence-electron chi connectivity index (χ2n) is 5.20. The van der Waals surface area contributed by atoms with Gasteiger partial charge in [0.05, 0.1) is 0 Å². The van der Waals surface area contributed by atoms with Crippen molar-refractivity contribution in [1.29, 1.82) is 0 Å². The van der Waals surface area contributed by atoms with Gasteiger partial charge in [0.1, 0.15) is 11.4 Å². The number of amides is 1. The van der Waals surface area contributed by atoms with E-state index in [1.165, 1.54) is 12.8 Å². The molecule has 4 heteroatoms. The normalized spacial score (nSPS) is 14.2. The molecule has 1 aliphatic carbocycles. The van der Waals surface area contributed by atoms with Crippen molar-refractivity contribution in [3.63, 3.8) is 0 Å². The number of nitrogens with zero attached hydrogens (tertiary/aromatic N) is 1. The molecule has 1 amide bonds. The van der Waals surface area contributed by atoms with Gasteiger partial charge in [-0.15, -0.1) is 0 Å². The van der Waals surface area contributed by atoms with Crippen LogP contribution in [-0.4, -0.2) is 22.1 Å². The molecule has 104 valence electrons. The van der Waals surface area contributed by atoms with E-state index in [0.29, 0.717) is 12.6 Å². The Morgan fingerprint density at radius 1 is 1.25 bits per heavy atom. The molecular weight excluding hydrogens is 252 g/mol. The number of carbonyl (C=O) groups excluding carboxylic acids is 1. The summed E-state index contributed by atoms with van der Waals surface area (Å²) >= 11 is 0. The number of hydrogen-bond donors (Lipinski definition) is 2. The zero-order valence-electron chi connectivity index (χ0n) is 11.2. The molecule has 0 saturated heterocycles. The molecule has 4 nitrogen and oxygen atoms in total. The maximum Gasteiger partial charge on any atom is 0.267 e. The average Bonchev–Trinajstić information content (AvgIpc) is 3.18. The molecule has 1 heterocycles. The molecule has 0 atom stereocenters. The number of nitrogens with one attached hydrogen (secondary N) is 1. The SMILES string of the molecule is O=C(NCCc1ccc(O)cc1)c1cccn1C1CC1. The molecular formula is C16H18N2O2. The Morgan fingerprint density at radius 2 is 2.00 bits per heavy atom. The van der Waals surface area contributed by atoms with E-state index in [0.717, 1.165) is 17.7 Å². The Kier molecular flexibility index (Phi) is 3.46. The van der Waals surface area contributed by atoms with Crippen LogP contribution in [0.4, 0.5) is 0 Å². The Labute approximate surface area is 118 Å². The first-order valence-electron chi connectivity index (χ1n) is 6.97. The largest absolute Gasteiger partial charge is 0.508 e. The number of hydrogen-bond acceptors (Lipinski definition) is 2. The Bertz CT molecular complexity index is 597. The summed E-state index contributed by atoms with van der Waals surface area (Å²) in [6, 6.07) is 11.4. The van der Waals surface area contributed by atoms with Crippen LogP contribution in [0.5, 0.6) is 5.75 Å². The molecule has 2 N–H and O–H groups in total. The lowest BCUT2D eigenvalue weighted by Crippen LogP contribution is -2.27. The van der Waals surface area contributed by atoms with Crippen molar-refractivity contribution in [2.45, 2.75) is 25.3 Å². The molecule has 1 aromatic heterocycles. The van der Waals surface area contributed by atoms with Crippen LogP contribution in [0.25, 0.3) is 0 Å². The predicted molar refractivity (Wildman–Crippen MR) is 76.8 cm³/mol. The monoisotopic (exact) mass is 270 g/mol. The van der Waals surface area contributed by atoms with Gasteiger partial charge in [-0.1, -0.05) is 12.1 Å². The number of aromatic nitrogens is 1. The smallest absolute Gasteiger partial charge is 0.267 e. The fourth-order valence-electron chi connectivity index (χ4n) is 2.33. The lowest BCUT2D eigenvalue weighted by Gasteiger charge is -2.09. The zero-order chi connectivity index (χ0) is 13.9. The van der Waals surface area contributed by atoms with Crippen LogP contribution in [0, 0.1) is 0 Å². The molecule has 1 saturated carbocycles. The number of benzene rings is 1. The van der Waals surface area contributed by atoms with Crippen molar-refractivity contribution in [3.8, 4) is 5.75 Å². The number of phenolic OH excluding ortho intramolecular Hbond substituents is 1. The van der Waals surface area contributed by atoms with E-state index in [1.54, 1.807) is 12.1 Å². The lowest BCUT2D eigenvalue weighted by molar-refractivity contribution is 0.0944. The van der Waals surface area contributed by atoms with Crippen LogP contribution in [0.2, 0.25) is 0 Å². The molecule has 1 aliphatic rings. The van der Waals surface area contributed by atoms with Gasteiger partial charge < -0.3 is 15.0 Å². The average molecular weight is 270 g/mol. The van der Waals surface area contributed by atoms with Crippen molar-refractivity contribution in [2.24, 2.45) is 0 Å². The number of carbonyl (C=O) groups is 1. The first kappa shape index (κ1) is 12.8. The highest BCUT2D eigenvalue weighted by atomic mass is 16.3. The number of aromatic hydroxyl groups is 1. The minimum absolute atomic E-state index is 0.0133. The summed E-state index contributed by atoms with van der Waals surface area (Å²) in [7, 11) is 0. The molecule has 20 heavy (non-hydrogen) atoms. The van der Waals surface area contributed by atoms with Gasteiger partial charge in [-0.3, -0.25) is 4.79 Å². The van der Waals surface area contributed by atoms with E-state index in [2.05, 4.69) is 9.88 Å². The van der Waals surface area contributed by atoms with Gasteiger partial charge in [0.15, 0.2) is 0 Å². The van der Waals surface area contributed by atoms with Crippen molar-refractivity contribution in [1.82, 2.24) is 9.88 Å². The fraction of sp³-hybridized carbons (Fsp3) is 0.312. The van der Waals surface area contributed by atoms with Gasteiger partial charge in [-0.25, -0.2) is 0 Å². The van der Waals surface area contributed by atoms with Crippen molar-refractivity contribution in [2.75, 3.05) is 6.54 Å². The van der Waals surface area contributed by atoms with Gasteiger partial charge in [0.2, 0.25) is 0 Å². The highest BCUT2D eigenvalue weighted by Gasteiger charge is 2.26. The summed E-state index contributed by atoms with van der Waals surface area (Å²) in [4.78, 5) is 12.1. The van der Waals surface area contributed by atoms with E-state index in [1.807, 2.05) is 30.5 Å². The van der Waals surface area contributed by atoms with E-state index in [-0.39, 0.29) is 11.7 Å². The van der Waals surface area contributed by atoms with Crippen LogP contribution in [0.1, 0.15) is 34.9 Å². The van der Waals surface area contributed by atoms with Crippen LogP contribution >= 0.6 is 0 Å². The Morgan fingerprint density at radius 3 is 2.70 bits per heavy atom. The summed E-state index contributed by atoms with van der Waals surface area (Å²) in [5, 5.41) is 12.2. The van der Waals surface area contributed by atoms with E-state index in [9.17, 15) is 9.90 Å². The van der Waals surface area contributed by atoms with Gasteiger partial charge in [-0.05, 0) is 49.1 Å². The standard InChI is InChI=1S/C16H18N2O2/c19-14-7-3-12(4-8-14)9-10-17-16(20)15-2-1-11-18(15)13-5-6-13/h1-4,7-8,11,13,19H,5-6,9-10H2,(H,17,20). The van der Waals surface area contributed by atoms with Gasteiger partial charge in [0.25, 0.3) is 5.91 Å². The molecule has 0 aliphatic heterocycles. The summed E-state index contributed by atoms with van der Waals surface area (Å²) in [6.07, 6.45) is 5.08. The molecule has 3 rings (SSSR count). The van der Waals surface area contributed by atoms with Gasteiger partial charge in [0, 0.05) is 18.8 Å². The number of phenols is 1. The van der Waals surface area contributed by atoms with Crippen molar-refractivity contribution in [3.05, 3.63) is 53.9 Å². The van der Waals surface area contributed by atoms with Crippen LogP contribution in [0.15, 0.2) is 42.6 Å². The Hall–Kier alpha value is -2.23. The third-order valence-corrected chi connectivity index (χ3v) is 3.59. The van der Waals surface area contributed by atoms with Crippen molar-refractivity contribution < 1.29 is 9.90 Å². The topological polar surface area (TPSA) is 54.3 Å². The minimum atomic E-state index is -0.0133. The summed E-state index contributed by atoms with van der Waals surface area (Å²) < 4.78 is 2.07. The Balaban J connectivity index is 1.54. The quantitative estimate of drug-likeness (QED) is 0.877. The van der Waals surface area contributed by atoms with E-state index < -0.39 is 0 Å². The van der Waals surface area contributed by atoms with Crippen molar-refractivity contribution >= 4 is 5.91 Å². The van der Waals surface area contributed by atoms with Crippen LogP contribution < -0.4 is 5.32 Å². The second-order valence-corrected chi connectivity index (χ2v) is 5.20. The summed E-state index contributed by atoms with van der Waals surface area (Å²) in [6.45, 7) is 0.597. The summed E-state index contributed by atoms with van der Waals surface area (Å²) in [5.41, 5.74) is 1.85. The zero-order valence-corrected chi connectivity index (χ0v) is 11.2. The van der Waals surface area contributed by atoms with Gasteiger partial charge >= 0.3 is 0 Å². The lowest BCUT2D eigenvalue weighted by atomic mass is 10.1. The van der Waals surface area contributed by atoms with Gasteiger partial charge in [-0.2, -0.15) is 0 Å². The fourth-order valence-corrected chi connectivity index (χ4v) is 2.33. The molecule has 0 spiro atoms. The molecule has 1 aromatic carbocycles. The molecule has 0 unspecified atom stereocenters. The first-order chi connectivity index (χ1) is 9.74. The maximum absolute atomic E-state index is 12.1. The highest BCUT2D eigenvalue weighted by molar-refractivity contribution is 5.92. The molecule has 0 radical (unpaired) electrons. The highest BCUT2D eigenvalue weighted by Crippen LogP contribution is 2.35. The first-order valence-corrected chi connectivity index (χ1v) is 6.97. The third kappa shape index (κ3) is 2.85. The van der Waals surface area contributed by atoms with E-state index >= 15 is 0 Å². The van der Waals surface area contributed by atoms with Crippen LogP contribution in [0.3, 0.4) is 0 Å². The molecule has 2 aromatic rings. The maximum atomic E-state index is 12.1. The van der Waals surface area contributed by atoms with Crippen LogP contribution in [-0.2, 0) is 6.42 Å². The summed E-state index contributed by atoms with van der Waals surface area (Å²) in [5.74, 6) is 0.251. The third-order valence-electron chi connectivity index (χ3n) is 3.59. The number of rotatable bonds is 5. The molecule has 0 bridgehead atoms. The predicted octanol–water partition coefficient (Wildman–Crippen LogP) is 2.50.